The Morgan fingerprint density at radius 3 is 2.77 bits per heavy atom. The number of nitrogens with one attached hydrogen (secondary N) is 2. The first-order valence-electron chi connectivity index (χ1n) is 3.60. The molecular formula is C8H9FN2O2. The Morgan fingerprint density at radius 1 is 1.54 bits per heavy atom. The van der Waals surface area contributed by atoms with Crippen LogP contribution in [0.25, 0.3) is 0 Å². The Bertz CT molecular complexity index is 328. The molecule has 4 nitrogen and oxygen atoms in total. The second-order valence-corrected chi connectivity index (χ2v) is 2.37. The van der Waals surface area contributed by atoms with E-state index in [0.717, 1.165) is 6.07 Å². The summed E-state index contributed by atoms with van der Waals surface area (Å²) in [5.41, 5.74) is 0.0251. The monoisotopic (exact) mass is 184 g/mol. The fourth-order valence-corrected chi connectivity index (χ4v) is 0.790. The molecule has 0 unspecified atom stereocenters. The number of benzene rings is 1. The van der Waals surface area contributed by atoms with Gasteiger partial charge in [0.15, 0.2) is 0 Å². The number of hydrogen-bond acceptors (Lipinski definition) is 2. The minimum absolute atomic E-state index is 0.0251. The van der Waals surface area contributed by atoms with Crippen LogP contribution in [0.5, 0.6) is 5.75 Å². The van der Waals surface area contributed by atoms with Crippen LogP contribution in [0, 0.1) is 5.82 Å². The molecule has 0 radical (unpaired) electrons. The lowest BCUT2D eigenvalue weighted by Gasteiger charge is -2.05. The van der Waals surface area contributed by atoms with E-state index in [9.17, 15) is 9.18 Å². The number of hydrogen-bond donors (Lipinski definition) is 3. The SMILES string of the molecule is CNC(=O)Nc1ccc(O)cc1F. The predicted molar refractivity (Wildman–Crippen MR) is 46.1 cm³/mol. The zero-order valence-corrected chi connectivity index (χ0v) is 6.97. The van der Waals surface area contributed by atoms with Crippen LogP contribution in [-0.4, -0.2) is 18.2 Å². The van der Waals surface area contributed by atoms with Crippen molar-refractivity contribution in [2.75, 3.05) is 12.4 Å². The number of amides is 2. The Morgan fingerprint density at radius 2 is 2.23 bits per heavy atom. The van der Waals surface area contributed by atoms with Crippen molar-refractivity contribution in [1.29, 1.82) is 0 Å². The first-order valence-corrected chi connectivity index (χ1v) is 3.60. The first-order chi connectivity index (χ1) is 6.13. The molecule has 70 valence electrons. The van der Waals surface area contributed by atoms with Crippen molar-refractivity contribution in [2.24, 2.45) is 0 Å². The van der Waals surface area contributed by atoms with Gasteiger partial charge in [-0.3, -0.25) is 0 Å². The Hall–Kier alpha value is -1.78. The molecule has 0 saturated heterocycles. The van der Waals surface area contributed by atoms with Crippen molar-refractivity contribution in [3.63, 3.8) is 0 Å². The average Bonchev–Trinajstić information content (AvgIpc) is 2.09. The van der Waals surface area contributed by atoms with E-state index >= 15 is 0 Å². The van der Waals surface area contributed by atoms with Gasteiger partial charge in [-0.05, 0) is 12.1 Å². The third-order valence-corrected chi connectivity index (χ3v) is 1.43. The fourth-order valence-electron chi connectivity index (χ4n) is 0.790. The number of anilines is 1. The van der Waals surface area contributed by atoms with Crippen molar-refractivity contribution in [3.05, 3.63) is 24.0 Å². The van der Waals surface area contributed by atoms with Crippen molar-refractivity contribution in [2.45, 2.75) is 0 Å². The van der Waals surface area contributed by atoms with Gasteiger partial charge in [-0.1, -0.05) is 0 Å². The molecule has 0 aliphatic heterocycles. The summed E-state index contributed by atoms with van der Waals surface area (Å²) in [7, 11) is 1.42. The zero-order valence-electron chi connectivity index (χ0n) is 6.97. The molecule has 3 N–H and O–H groups in total. The van der Waals surface area contributed by atoms with Gasteiger partial charge < -0.3 is 15.7 Å². The van der Waals surface area contributed by atoms with Gasteiger partial charge in [-0.2, -0.15) is 0 Å². The Labute approximate surface area is 74.4 Å². The Kier molecular flexibility index (Phi) is 2.69. The standard InChI is InChI=1S/C8H9FN2O2/c1-10-8(13)11-7-3-2-5(12)4-6(7)9/h2-4,12H,1H3,(H2,10,11,13). The van der Waals surface area contributed by atoms with Crippen LogP contribution in [0.2, 0.25) is 0 Å². The van der Waals surface area contributed by atoms with Gasteiger partial charge in [0.25, 0.3) is 0 Å². The third-order valence-electron chi connectivity index (χ3n) is 1.43. The summed E-state index contributed by atoms with van der Waals surface area (Å²) in [6.07, 6.45) is 0. The molecule has 0 atom stereocenters. The fraction of sp³-hybridized carbons (Fsp3) is 0.125. The van der Waals surface area contributed by atoms with Gasteiger partial charge in [0.2, 0.25) is 0 Å². The van der Waals surface area contributed by atoms with Crippen LogP contribution in [0.15, 0.2) is 18.2 Å². The Balaban J connectivity index is 2.83. The maximum atomic E-state index is 12.9. The maximum Gasteiger partial charge on any atom is 0.319 e. The molecule has 0 fully saturated rings. The summed E-state index contributed by atoms with van der Waals surface area (Å²) in [4.78, 5) is 10.8. The van der Waals surface area contributed by atoms with Gasteiger partial charge in [0.1, 0.15) is 11.6 Å². The lowest BCUT2D eigenvalue weighted by Crippen LogP contribution is -2.24. The smallest absolute Gasteiger partial charge is 0.319 e. The van der Waals surface area contributed by atoms with E-state index in [0.29, 0.717) is 0 Å². The van der Waals surface area contributed by atoms with E-state index in [-0.39, 0.29) is 11.4 Å². The van der Waals surface area contributed by atoms with Gasteiger partial charge in [0.05, 0.1) is 5.69 Å². The van der Waals surface area contributed by atoms with Crippen molar-refractivity contribution < 1.29 is 14.3 Å². The summed E-state index contributed by atoms with van der Waals surface area (Å²) >= 11 is 0. The summed E-state index contributed by atoms with van der Waals surface area (Å²) in [5, 5.41) is 13.4. The number of phenols is 1. The molecule has 0 aliphatic carbocycles. The minimum atomic E-state index is -0.677. The average molecular weight is 184 g/mol. The van der Waals surface area contributed by atoms with E-state index < -0.39 is 11.8 Å². The van der Waals surface area contributed by atoms with E-state index in [1.54, 1.807) is 0 Å². The van der Waals surface area contributed by atoms with E-state index in [2.05, 4.69) is 10.6 Å². The summed E-state index contributed by atoms with van der Waals surface area (Å²) < 4.78 is 12.9. The number of urea groups is 1. The zero-order chi connectivity index (χ0) is 9.84. The van der Waals surface area contributed by atoms with E-state index in [1.807, 2.05) is 0 Å². The molecule has 0 aromatic heterocycles. The van der Waals surface area contributed by atoms with Gasteiger partial charge in [-0.15, -0.1) is 0 Å². The van der Waals surface area contributed by atoms with Gasteiger partial charge in [0, 0.05) is 13.1 Å². The van der Waals surface area contributed by atoms with Crippen molar-refractivity contribution in [3.8, 4) is 5.75 Å². The predicted octanol–water partition coefficient (Wildman–Crippen LogP) is 1.28. The second kappa shape index (κ2) is 3.75. The highest BCUT2D eigenvalue weighted by atomic mass is 19.1. The van der Waals surface area contributed by atoms with Crippen LogP contribution in [0.1, 0.15) is 0 Å². The molecule has 1 rings (SSSR count). The highest BCUT2D eigenvalue weighted by Gasteiger charge is 2.05. The topological polar surface area (TPSA) is 61.4 Å². The lowest BCUT2D eigenvalue weighted by molar-refractivity contribution is 0.254. The van der Waals surface area contributed by atoms with Crippen LogP contribution in [-0.2, 0) is 0 Å². The molecule has 2 amide bonds. The first kappa shape index (κ1) is 9.31. The van der Waals surface area contributed by atoms with Gasteiger partial charge in [-0.25, -0.2) is 9.18 Å². The molecule has 0 spiro atoms. The lowest BCUT2D eigenvalue weighted by atomic mass is 10.3. The van der Waals surface area contributed by atoms with Gasteiger partial charge >= 0.3 is 6.03 Å². The van der Waals surface area contributed by atoms with Crippen molar-refractivity contribution in [1.82, 2.24) is 5.32 Å². The molecule has 0 bridgehead atoms. The molecule has 0 saturated carbocycles. The van der Waals surface area contributed by atoms with Crippen LogP contribution in [0.4, 0.5) is 14.9 Å². The highest BCUT2D eigenvalue weighted by Crippen LogP contribution is 2.18. The molecule has 5 heteroatoms. The highest BCUT2D eigenvalue weighted by molar-refractivity contribution is 5.89. The maximum absolute atomic E-state index is 12.9. The molecular weight excluding hydrogens is 175 g/mol. The third kappa shape index (κ3) is 2.33. The van der Waals surface area contributed by atoms with E-state index in [4.69, 9.17) is 5.11 Å². The quantitative estimate of drug-likeness (QED) is 0.576. The molecule has 1 aromatic carbocycles. The molecule has 13 heavy (non-hydrogen) atoms. The van der Waals surface area contributed by atoms with Crippen molar-refractivity contribution >= 4 is 11.7 Å². The van der Waals surface area contributed by atoms with Crippen LogP contribution >= 0.6 is 0 Å². The minimum Gasteiger partial charge on any atom is -0.508 e. The number of carbonyl (C=O) groups is 1. The van der Waals surface area contributed by atoms with Crippen LogP contribution < -0.4 is 10.6 Å². The summed E-state index contributed by atoms with van der Waals surface area (Å²) in [6, 6.07) is 2.98. The number of phenolic OH excluding ortho intramolecular Hbond substituents is 1. The second-order valence-electron chi connectivity index (χ2n) is 2.37. The molecule has 0 aliphatic rings. The molecule has 1 aromatic rings. The summed E-state index contributed by atoms with van der Waals surface area (Å²) in [6.45, 7) is 0. The number of carbonyl (C=O) groups excluding carboxylic acids is 1. The molecule has 0 heterocycles. The normalized spacial score (nSPS) is 9.38. The number of rotatable bonds is 1. The van der Waals surface area contributed by atoms with E-state index in [1.165, 1.54) is 19.2 Å². The number of aromatic hydroxyl groups is 1. The van der Waals surface area contributed by atoms with Crippen LogP contribution in [0.3, 0.4) is 0 Å². The number of halogens is 1. The summed E-state index contributed by atoms with van der Waals surface area (Å²) in [5.74, 6) is -0.858. The largest absolute Gasteiger partial charge is 0.508 e.